The molecule has 0 aliphatic carbocycles. The molecule has 3 rings (SSSR count). The monoisotopic (exact) mass is 459 g/mol. The molecule has 3 aromatic rings. The third-order valence-corrected chi connectivity index (χ3v) is 5.63. The molecule has 0 aliphatic heterocycles. The molecule has 1 atom stereocenters. The number of nitrogens with zero attached hydrogens (tertiary/aromatic N) is 2. The first-order valence-electron chi connectivity index (χ1n) is 11.3. The van der Waals surface area contributed by atoms with Crippen LogP contribution in [0.5, 0.6) is 0 Å². The van der Waals surface area contributed by atoms with Gasteiger partial charge in [-0.25, -0.2) is 0 Å². The van der Waals surface area contributed by atoms with Crippen molar-refractivity contribution in [2.75, 3.05) is 6.54 Å². The number of nitro benzene ring substituents is 1. The second kappa shape index (κ2) is 11.7. The van der Waals surface area contributed by atoms with Gasteiger partial charge in [0.25, 0.3) is 5.69 Å². The van der Waals surface area contributed by atoms with Gasteiger partial charge in [-0.05, 0) is 25.0 Å². The Balaban J connectivity index is 1.99. The van der Waals surface area contributed by atoms with Gasteiger partial charge in [-0.1, -0.05) is 78.4 Å². The van der Waals surface area contributed by atoms with Crippen molar-refractivity contribution in [3.8, 4) is 0 Å². The molecule has 0 saturated carbocycles. The van der Waals surface area contributed by atoms with Crippen molar-refractivity contribution in [2.45, 2.75) is 39.3 Å². The maximum absolute atomic E-state index is 13.6. The first-order chi connectivity index (χ1) is 16.4. The average Bonchev–Trinajstić information content (AvgIpc) is 2.83. The highest BCUT2D eigenvalue weighted by Crippen LogP contribution is 2.21. The Morgan fingerprint density at radius 3 is 2.24 bits per heavy atom. The van der Waals surface area contributed by atoms with Crippen molar-refractivity contribution >= 4 is 17.5 Å². The number of nitro groups is 1. The fraction of sp³-hybridized carbons (Fsp3) is 0.259. The van der Waals surface area contributed by atoms with Crippen LogP contribution in [0.3, 0.4) is 0 Å². The molecule has 34 heavy (non-hydrogen) atoms. The molecule has 1 N–H and O–H groups in total. The average molecular weight is 460 g/mol. The summed E-state index contributed by atoms with van der Waals surface area (Å²) in [7, 11) is 0. The fourth-order valence-electron chi connectivity index (χ4n) is 3.84. The highest BCUT2D eigenvalue weighted by Gasteiger charge is 2.31. The lowest BCUT2D eigenvalue weighted by molar-refractivity contribution is -0.385. The van der Waals surface area contributed by atoms with E-state index in [1.54, 1.807) is 23.1 Å². The highest BCUT2D eigenvalue weighted by molar-refractivity contribution is 5.89. The van der Waals surface area contributed by atoms with Crippen molar-refractivity contribution in [1.82, 2.24) is 10.2 Å². The zero-order valence-electron chi connectivity index (χ0n) is 19.4. The molecular weight excluding hydrogens is 430 g/mol. The van der Waals surface area contributed by atoms with Gasteiger partial charge in [-0.3, -0.25) is 19.7 Å². The highest BCUT2D eigenvalue weighted by atomic mass is 16.6. The Morgan fingerprint density at radius 1 is 0.941 bits per heavy atom. The molecule has 0 spiro atoms. The van der Waals surface area contributed by atoms with E-state index in [0.717, 1.165) is 16.7 Å². The van der Waals surface area contributed by atoms with Crippen LogP contribution in [0.4, 0.5) is 5.69 Å². The molecule has 0 bridgehead atoms. The smallest absolute Gasteiger partial charge is 0.273 e. The van der Waals surface area contributed by atoms with Crippen LogP contribution in [0.15, 0.2) is 78.9 Å². The quantitative estimate of drug-likeness (QED) is 0.363. The van der Waals surface area contributed by atoms with E-state index in [4.69, 9.17) is 0 Å². The maximum atomic E-state index is 13.6. The van der Waals surface area contributed by atoms with Crippen molar-refractivity contribution in [3.05, 3.63) is 111 Å². The lowest BCUT2D eigenvalue weighted by Gasteiger charge is -2.31. The summed E-state index contributed by atoms with van der Waals surface area (Å²) in [6.07, 6.45) is 0.162. The van der Waals surface area contributed by atoms with Gasteiger partial charge in [0.05, 0.1) is 11.3 Å². The number of amides is 2. The molecule has 176 valence electrons. The summed E-state index contributed by atoms with van der Waals surface area (Å²) in [5.41, 5.74) is 3.10. The third kappa shape index (κ3) is 6.51. The van der Waals surface area contributed by atoms with E-state index in [1.807, 2.05) is 68.4 Å². The summed E-state index contributed by atoms with van der Waals surface area (Å²) in [6, 6.07) is 22.7. The molecule has 0 aromatic heterocycles. The zero-order chi connectivity index (χ0) is 24.5. The molecule has 3 aromatic carbocycles. The van der Waals surface area contributed by atoms with E-state index in [-0.39, 0.29) is 30.5 Å². The molecule has 7 heteroatoms. The molecule has 0 radical (unpaired) electrons. The van der Waals surface area contributed by atoms with Gasteiger partial charge in [0, 0.05) is 31.1 Å². The topological polar surface area (TPSA) is 92.6 Å². The van der Waals surface area contributed by atoms with Crippen LogP contribution < -0.4 is 5.32 Å². The van der Waals surface area contributed by atoms with Crippen LogP contribution in [-0.2, 0) is 29.0 Å². The molecular formula is C27H29N3O4. The number of rotatable bonds is 10. The van der Waals surface area contributed by atoms with E-state index in [9.17, 15) is 19.7 Å². The van der Waals surface area contributed by atoms with E-state index in [1.165, 1.54) is 6.07 Å². The van der Waals surface area contributed by atoms with Crippen LogP contribution in [0.1, 0.15) is 29.2 Å². The Morgan fingerprint density at radius 2 is 1.59 bits per heavy atom. The molecule has 0 aliphatic rings. The Kier molecular flexibility index (Phi) is 8.51. The van der Waals surface area contributed by atoms with Crippen LogP contribution in [-0.4, -0.2) is 34.2 Å². The third-order valence-electron chi connectivity index (χ3n) is 5.63. The van der Waals surface area contributed by atoms with Crippen LogP contribution in [0.25, 0.3) is 0 Å². The van der Waals surface area contributed by atoms with Gasteiger partial charge in [-0.2, -0.15) is 0 Å². The van der Waals surface area contributed by atoms with Crippen molar-refractivity contribution < 1.29 is 14.5 Å². The first kappa shape index (κ1) is 24.6. The van der Waals surface area contributed by atoms with Crippen molar-refractivity contribution in [2.24, 2.45) is 0 Å². The molecule has 2 amide bonds. The minimum Gasteiger partial charge on any atom is -0.355 e. The van der Waals surface area contributed by atoms with Crippen molar-refractivity contribution in [3.63, 3.8) is 0 Å². The number of benzene rings is 3. The van der Waals surface area contributed by atoms with Gasteiger partial charge < -0.3 is 10.2 Å². The fourth-order valence-corrected chi connectivity index (χ4v) is 3.84. The maximum Gasteiger partial charge on any atom is 0.273 e. The number of para-hydroxylation sites is 1. The summed E-state index contributed by atoms with van der Waals surface area (Å²) in [4.78, 5) is 39.3. The normalized spacial score (nSPS) is 11.5. The van der Waals surface area contributed by atoms with Gasteiger partial charge in [0.1, 0.15) is 6.04 Å². The van der Waals surface area contributed by atoms with E-state index >= 15 is 0 Å². The summed E-state index contributed by atoms with van der Waals surface area (Å²) < 4.78 is 0. The predicted octanol–water partition coefficient (Wildman–Crippen LogP) is 4.22. The number of carbonyl (C=O) groups is 2. The number of hydrogen-bond donors (Lipinski definition) is 1. The predicted molar refractivity (Wildman–Crippen MR) is 131 cm³/mol. The van der Waals surface area contributed by atoms with Crippen molar-refractivity contribution in [1.29, 1.82) is 0 Å². The molecule has 7 nitrogen and oxygen atoms in total. The molecule has 0 fully saturated rings. The number of carbonyl (C=O) groups excluding carboxylic acids is 2. The first-order valence-corrected chi connectivity index (χ1v) is 11.3. The van der Waals surface area contributed by atoms with Crippen LogP contribution in [0, 0.1) is 17.0 Å². The Bertz CT molecular complexity index is 1130. The number of likely N-dealkylation sites (N-methyl/N-ethyl adjacent to an activating group) is 1. The van der Waals surface area contributed by atoms with Crippen LogP contribution in [0.2, 0.25) is 0 Å². The van der Waals surface area contributed by atoms with Gasteiger partial charge in [-0.15, -0.1) is 0 Å². The standard InChI is InChI=1S/C27H29N3O4/c1-3-28-27(32)25(17-21-9-5-4-6-10-21)29(19-22-15-13-20(2)14-16-22)26(31)18-23-11-7-8-12-24(23)30(33)34/h4-16,25H,3,17-19H2,1-2H3,(H,28,32). The molecule has 1 unspecified atom stereocenters. The Labute approximate surface area is 199 Å². The number of hydrogen-bond acceptors (Lipinski definition) is 4. The van der Waals surface area contributed by atoms with Gasteiger partial charge >= 0.3 is 0 Å². The summed E-state index contributed by atoms with van der Waals surface area (Å²) in [5, 5.41) is 14.3. The summed E-state index contributed by atoms with van der Waals surface area (Å²) in [5.74, 6) is -0.601. The zero-order valence-corrected chi connectivity index (χ0v) is 19.4. The minimum absolute atomic E-state index is 0.108. The van der Waals surface area contributed by atoms with E-state index < -0.39 is 11.0 Å². The second-order valence-electron chi connectivity index (χ2n) is 8.17. The second-order valence-corrected chi connectivity index (χ2v) is 8.17. The van der Waals surface area contributed by atoms with E-state index in [0.29, 0.717) is 18.5 Å². The SMILES string of the molecule is CCNC(=O)C(Cc1ccccc1)N(Cc1ccc(C)cc1)C(=O)Cc1ccccc1[N+](=O)[O-]. The van der Waals surface area contributed by atoms with Gasteiger partial charge in [0.15, 0.2) is 0 Å². The summed E-state index contributed by atoms with van der Waals surface area (Å²) >= 11 is 0. The lowest BCUT2D eigenvalue weighted by atomic mass is 10.0. The Hall–Kier alpha value is -4.00. The van der Waals surface area contributed by atoms with E-state index in [2.05, 4.69) is 5.32 Å². The summed E-state index contributed by atoms with van der Waals surface area (Å²) in [6.45, 7) is 4.46. The molecule has 0 heterocycles. The largest absolute Gasteiger partial charge is 0.355 e. The number of aryl methyl sites for hydroxylation is 1. The van der Waals surface area contributed by atoms with Gasteiger partial charge in [0.2, 0.25) is 11.8 Å². The lowest BCUT2D eigenvalue weighted by Crippen LogP contribution is -2.51. The molecule has 0 saturated heterocycles. The number of nitrogens with one attached hydrogen (secondary N) is 1. The van der Waals surface area contributed by atoms with Crippen LogP contribution >= 0.6 is 0 Å². The minimum atomic E-state index is -0.765.